The lowest BCUT2D eigenvalue weighted by atomic mass is 10.2. The van der Waals surface area contributed by atoms with Gasteiger partial charge in [0.15, 0.2) is 5.70 Å². The minimum absolute atomic E-state index is 0.271. The molecule has 2 heterocycles. The highest BCUT2D eigenvalue weighted by Crippen LogP contribution is 2.20. The van der Waals surface area contributed by atoms with E-state index in [2.05, 4.69) is 25.9 Å². The van der Waals surface area contributed by atoms with E-state index < -0.39 is 5.97 Å². The van der Waals surface area contributed by atoms with Crippen LogP contribution in [-0.2, 0) is 9.53 Å². The fourth-order valence-corrected chi connectivity index (χ4v) is 2.17. The van der Waals surface area contributed by atoms with E-state index in [0.29, 0.717) is 5.90 Å². The Bertz CT molecular complexity index is 724. The fraction of sp³-hybridized carbons (Fsp3) is 0. The van der Waals surface area contributed by atoms with Gasteiger partial charge < -0.3 is 4.74 Å². The van der Waals surface area contributed by atoms with Crippen LogP contribution in [0.1, 0.15) is 11.1 Å². The largest absolute Gasteiger partial charge is 0.402 e. The number of aliphatic imine (C=N–C) groups is 1. The molecule has 1 aliphatic rings. The van der Waals surface area contributed by atoms with E-state index in [1.807, 2.05) is 30.3 Å². The second kappa shape index (κ2) is 5.38. The molecule has 1 aromatic carbocycles. The third-order valence-electron chi connectivity index (χ3n) is 2.68. The molecule has 1 aliphatic heterocycles. The average Bonchev–Trinajstić information content (AvgIpc) is 2.81. The number of benzene rings is 1. The number of hydrogen-bond donors (Lipinski definition) is 0. The normalized spacial score (nSPS) is 16.1. The Balaban J connectivity index is 1.95. The third kappa shape index (κ3) is 2.67. The molecule has 0 saturated heterocycles. The molecule has 98 valence electrons. The number of esters is 1. The quantitative estimate of drug-likeness (QED) is 0.628. The van der Waals surface area contributed by atoms with Gasteiger partial charge in [-0.05, 0) is 35.9 Å². The van der Waals surface area contributed by atoms with Crippen LogP contribution in [0.3, 0.4) is 0 Å². The van der Waals surface area contributed by atoms with E-state index in [4.69, 9.17) is 4.74 Å². The highest BCUT2D eigenvalue weighted by atomic mass is 79.9. The summed E-state index contributed by atoms with van der Waals surface area (Å²) < 4.78 is 6.09. The number of aromatic nitrogens is 1. The molecule has 4 nitrogen and oxygen atoms in total. The van der Waals surface area contributed by atoms with Crippen LogP contribution in [-0.4, -0.2) is 16.9 Å². The molecule has 0 saturated carbocycles. The van der Waals surface area contributed by atoms with Gasteiger partial charge in [-0.25, -0.2) is 9.79 Å². The van der Waals surface area contributed by atoms with E-state index in [1.165, 1.54) is 0 Å². The topological polar surface area (TPSA) is 51.5 Å². The number of ether oxygens (including phenoxy) is 1. The molecule has 20 heavy (non-hydrogen) atoms. The smallest absolute Gasteiger partial charge is 0.363 e. The molecule has 3 rings (SSSR count). The van der Waals surface area contributed by atoms with Gasteiger partial charge in [-0.15, -0.1) is 0 Å². The Morgan fingerprint density at radius 3 is 2.85 bits per heavy atom. The summed E-state index contributed by atoms with van der Waals surface area (Å²) in [6.07, 6.45) is 4.98. The van der Waals surface area contributed by atoms with Crippen molar-refractivity contribution < 1.29 is 9.53 Å². The predicted octanol–water partition coefficient (Wildman–Crippen LogP) is 3.19. The fourth-order valence-electron chi connectivity index (χ4n) is 1.77. The zero-order valence-electron chi connectivity index (χ0n) is 10.3. The molecule has 0 N–H and O–H groups in total. The maximum absolute atomic E-state index is 11.8. The summed E-state index contributed by atoms with van der Waals surface area (Å²) in [7, 11) is 0. The van der Waals surface area contributed by atoms with Crippen molar-refractivity contribution in [2.24, 2.45) is 4.99 Å². The molecule has 0 aliphatic carbocycles. The number of nitrogens with zero attached hydrogens (tertiary/aromatic N) is 2. The van der Waals surface area contributed by atoms with Crippen LogP contribution in [0.2, 0.25) is 0 Å². The minimum Gasteiger partial charge on any atom is -0.402 e. The van der Waals surface area contributed by atoms with Crippen LogP contribution < -0.4 is 0 Å². The molecule has 0 unspecified atom stereocenters. The van der Waals surface area contributed by atoms with Gasteiger partial charge in [0.05, 0.1) is 0 Å². The van der Waals surface area contributed by atoms with Gasteiger partial charge in [-0.1, -0.05) is 28.1 Å². The van der Waals surface area contributed by atoms with Crippen LogP contribution in [0.4, 0.5) is 0 Å². The highest BCUT2D eigenvalue weighted by Gasteiger charge is 2.24. The second-order valence-corrected chi connectivity index (χ2v) is 5.05. The van der Waals surface area contributed by atoms with Gasteiger partial charge in [0, 0.05) is 22.4 Å². The van der Waals surface area contributed by atoms with Crippen LogP contribution >= 0.6 is 15.9 Å². The lowest BCUT2D eigenvalue weighted by Crippen LogP contribution is -2.05. The van der Waals surface area contributed by atoms with E-state index in [-0.39, 0.29) is 5.70 Å². The third-order valence-corrected chi connectivity index (χ3v) is 3.17. The summed E-state index contributed by atoms with van der Waals surface area (Å²) in [5.41, 5.74) is 1.83. The lowest BCUT2D eigenvalue weighted by molar-refractivity contribution is -0.129. The first-order valence-corrected chi connectivity index (χ1v) is 6.70. The summed E-state index contributed by atoms with van der Waals surface area (Å²) in [4.78, 5) is 20.0. The highest BCUT2D eigenvalue weighted by molar-refractivity contribution is 9.10. The first-order valence-electron chi connectivity index (χ1n) is 5.91. The van der Waals surface area contributed by atoms with Gasteiger partial charge in [-0.2, -0.15) is 0 Å². The van der Waals surface area contributed by atoms with Gasteiger partial charge in [0.1, 0.15) is 0 Å². The Labute approximate surface area is 124 Å². The van der Waals surface area contributed by atoms with Crippen LogP contribution in [0.5, 0.6) is 0 Å². The van der Waals surface area contributed by atoms with Crippen molar-refractivity contribution in [1.29, 1.82) is 0 Å². The van der Waals surface area contributed by atoms with E-state index in [9.17, 15) is 4.79 Å². The molecular weight excluding hydrogens is 320 g/mol. The van der Waals surface area contributed by atoms with Crippen molar-refractivity contribution in [2.45, 2.75) is 0 Å². The zero-order chi connectivity index (χ0) is 13.9. The van der Waals surface area contributed by atoms with E-state index in [0.717, 1.165) is 15.6 Å². The van der Waals surface area contributed by atoms with Gasteiger partial charge in [-0.3, -0.25) is 4.98 Å². The zero-order valence-corrected chi connectivity index (χ0v) is 11.9. The van der Waals surface area contributed by atoms with E-state index in [1.54, 1.807) is 24.5 Å². The summed E-state index contributed by atoms with van der Waals surface area (Å²) in [6, 6.07) is 11.1. The van der Waals surface area contributed by atoms with Crippen molar-refractivity contribution in [2.75, 3.05) is 0 Å². The van der Waals surface area contributed by atoms with Crippen molar-refractivity contribution in [1.82, 2.24) is 4.98 Å². The first kappa shape index (κ1) is 12.7. The van der Waals surface area contributed by atoms with Crippen LogP contribution in [0.15, 0.2) is 64.0 Å². The molecule has 5 heteroatoms. The maximum Gasteiger partial charge on any atom is 0.363 e. The Kier molecular flexibility index (Phi) is 3.43. The summed E-state index contributed by atoms with van der Waals surface area (Å²) in [5.74, 6) is -0.143. The molecule has 0 atom stereocenters. The van der Waals surface area contributed by atoms with Crippen LogP contribution in [0, 0.1) is 0 Å². The molecular formula is C15H9BrN2O2. The molecule has 0 radical (unpaired) electrons. The predicted molar refractivity (Wildman–Crippen MR) is 79.0 cm³/mol. The van der Waals surface area contributed by atoms with Gasteiger partial charge in [0.2, 0.25) is 5.90 Å². The minimum atomic E-state index is -0.455. The second-order valence-electron chi connectivity index (χ2n) is 4.13. The Morgan fingerprint density at radius 2 is 2.10 bits per heavy atom. The van der Waals surface area contributed by atoms with Gasteiger partial charge >= 0.3 is 5.97 Å². The summed E-state index contributed by atoms with van der Waals surface area (Å²) >= 11 is 3.37. The molecule has 0 spiro atoms. The average molecular weight is 329 g/mol. The number of pyridine rings is 1. The van der Waals surface area contributed by atoms with Crippen molar-refractivity contribution >= 4 is 33.9 Å². The van der Waals surface area contributed by atoms with Crippen molar-refractivity contribution in [3.8, 4) is 0 Å². The summed E-state index contributed by atoms with van der Waals surface area (Å²) in [5, 5.41) is 0. The monoisotopic (exact) mass is 328 g/mol. The number of rotatable bonds is 2. The molecule has 1 aromatic heterocycles. The molecule has 0 fully saturated rings. The number of carbonyl (C=O) groups is 1. The summed E-state index contributed by atoms with van der Waals surface area (Å²) in [6.45, 7) is 0. The SMILES string of the molecule is O=C1OC(c2cccc(Br)c2)=N/C1=C/c1cccnc1. The number of hydrogen-bond acceptors (Lipinski definition) is 4. The van der Waals surface area contributed by atoms with Crippen molar-refractivity contribution in [3.05, 3.63) is 70.1 Å². The molecule has 2 aromatic rings. The first-order chi connectivity index (χ1) is 9.72. The number of carbonyl (C=O) groups excluding carboxylic acids is 1. The molecule has 0 bridgehead atoms. The standard InChI is InChI=1S/C15H9BrN2O2/c16-12-5-1-4-11(8-12)14-18-13(15(19)20-14)7-10-3-2-6-17-9-10/h1-9H/b13-7+. The number of cyclic esters (lactones) is 1. The maximum atomic E-state index is 11.8. The van der Waals surface area contributed by atoms with Crippen molar-refractivity contribution in [3.63, 3.8) is 0 Å². The molecule has 0 amide bonds. The lowest BCUT2D eigenvalue weighted by Gasteiger charge is -1.99. The Hall–Kier alpha value is -2.27. The van der Waals surface area contributed by atoms with E-state index >= 15 is 0 Å². The van der Waals surface area contributed by atoms with Gasteiger partial charge in [0.25, 0.3) is 0 Å². The Morgan fingerprint density at radius 1 is 1.20 bits per heavy atom. The van der Waals surface area contributed by atoms with Crippen LogP contribution in [0.25, 0.3) is 6.08 Å². The number of halogens is 1.